The maximum Gasteiger partial charge on any atom is 0.304 e. The molecular formula is C18H19N5O2S2. The average Bonchev–Trinajstić information content (AvgIpc) is 3.02. The number of carboxylic acids is 1. The van der Waals surface area contributed by atoms with Gasteiger partial charge in [-0.15, -0.1) is 10.2 Å². The molecule has 0 aliphatic heterocycles. The zero-order chi connectivity index (χ0) is 19.2. The monoisotopic (exact) mass is 401 g/mol. The molecule has 0 unspecified atom stereocenters. The number of thioether (sulfide) groups is 2. The van der Waals surface area contributed by atoms with Gasteiger partial charge in [-0.3, -0.25) is 9.36 Å². The number of rotatable bonds is 8. The second-order valence-electron chi connectivity index (χ2n) is 5.78. The van der Waals surface area contributed by atoms with Gasteiger partial charge in [0.05, 0.1) is 12.2 Å². The van der Waals surface area contributed by atoms with Crippen LogP contribution in [-0.4, -0.2) is 41.6 Å². The van der Waals surface area contributed by atoms with Crippen molar-refractivity contribution in [2.24, 2.45) is 0 Å². The second kappa shape index (κ2) is 9.01. The van der Waals surface area contributed by atoms with Crippen molar-refractivity contribution in [3.05, 3.63) is 53.6 Å². The summed E-state index contributed by atoms with van der Waals surface area (Å²) in [5.41, 5.74) is 2.80. The van der Waals surface area contributed by atoms with Gasteiger partial charge in [0.1, 0.15) is 5.82 Å². The number of hydrogen-bond donors (Lipinski definition) is 1. The Morgan fingerprint density at radius 1 is 1.07 bits per heavy atom. The maximum absolute atomic E-state index is 10.8. The lowest BCUT2D eigenvalue weighted by molar-refractivity contribution is -0.136. The summed E-state index contributed by atoms with van der Waals surface area (Å²) >= 11 is 2.89. The van der Waals surface area contributed by atoms with Crippen LogP contribution in [0.4, 0.5) is 0 Å². The number of para-hydroxylation sites is 1. The lowest BCUT2D eigenvalue weighted by Crippen LogP contribution is -2.03. The Bertz CT molecular complexity index is 911. The van der Waals surface area contributed by atoms with Crippen molar-refractivity contribution in [2.45, 2.75) is 36.3 Å². The Labute approximate surface area is 165 Å². The first kappa shape index (κ1) is 19.4. The van der Waals surface area contributed by atoms with Crippen LogP contribution in [-0.2, 0) is 10.5 Å². The summed E-state index contributed by atoms with van der Waals surface area (Å²) in [6.45, 7) is 3.89. The van der Waals surface area contributed by atoms with E-state index in [0.29, 0.717) is 21.8 Å². The quantitative estimate of drug-likeness (QED) is 0.452. The predicted octanol–water partition coefficient (Wildman–Crippen LogP) is 3.53. The fraction of sp³-hybridized carbons (Fsp3) is 0.278. The number of aryl methyl sites for hydroxylation is 2. The van der Waals surface area contributed by atoms with Crippen LogP contribution in [0.15, 0.2) is 46.7 Å². The zero-order valence-corrected chi connectivity index (χ0v) is 16.6. The zero-order valence-electron chi connectivity index (χ0n) is 15.0. The number of carbonyl (C=O) groups is 1. The summed E-state index contributed by atoms with van der Waals surface area (Å²) in [5, 5.41) is 18.8. The van der Waals surface area contributed by atoms with Crippen molar-refractivity contribution in [2.75, 3.05) is 5.75 Å². The van der Waals surface area contributed by atoms with Crippen LogP contribution >= 0.6 is 23.5 Å². The third-order valence-corrected chi connectivity index (χ3v) is 5.33. The highest BCUT2D eigenvalue weighted by Crippen LogP contribution is 2.26. The van der Waals surface area contributed by atoms with E-state index in [1.54, 1.807) is 0 Å². The van der Waals surface area contributed by atoms with Crippen LogP contribution in [0.25, 0.3) is 5.69 Å². The molecule has 0 saturated carbocycles. The van der Waals surface area contributed by atoms with E-state index >= 15 is 0 Å². The number of nitrogens with zero attached hydrogens (tertiary/aromatic N) is 5. The molecule has 2 heterocycles. The average molecular weight is 402 g/mol. The Morgan fingerprint density at radius 3 is 2.44 bits per heavy atom. The van der Waals surface area contributed by atoms with Crippen LogP contribution in [0.3, 0.4) is 0 Å². The highest BCUT2D eigenvalue weighted by molar-refractivity contribution is 7.99. The van der Waals surface area contributed by atoms with Crippen molar-refractivity contribution in [1.29, 1.82) is 0 Å². The summed E-state index contributed by atoms with van der Waals surface area (Å²) in [4.78, 5) is 19.7. The van der Waals surface area contributed by atoms with Crippen molar-refractivity contribution in [3.8, 4) is 5.69 Å². The van der Waals surface area contributed by atoms with Gasteiger partial charge in [0.25, 0.3) is 0 Å². The fourth-order valence-electron chi connectivity index (χ4n) is 2.44. The minimum absolute atomic E-state index is 0.0762. The van der Waals surface area contributed by atoms with Gasteiger partial charge in [-0.2, -0.15) is 0 Å². The van der Waals surface area contributed by atoms with E-state index in [4.69, 9.17) is 5.11 Å². The van der Waals surface area contributed by atoms with Crippen molar-refractivity contribution in [3.63, 3.8) is 0 Å². The van der Waals surface area contributed by atoms with E-state index in [2.05, 4.69) is 20.2 Å². The molecule has 0 fully saturated rings. The summed E-state index contributed by atoms with van der Waals surface area (Å²) in [6.07, 6.45) is 0.0762. The smallest absolute Gasteiger partial charge is 0.304 e. The first-order valence-corrected chi connectivity index (χ1v) is 10.3. The Kier molecular flexibility index (Phi) is 6.46. The van der Waals surface area contributed by atoms with Gasteiger partial charge in [0.2, 0.25) is 0 Å². The minimum atomic E-state index is -0.823. The highest BCUT2D eigenvalue weighted by Gasteiger charge is 2.16. The summed E-state index contributed by atoms with van der Waals surface area (Å²) in [6, 6.07) is 11.7. The van der Waals surface area contributed by atoms with Crippen LogP contribution in [0, 0.1) is 13.8 Å². The number of aliphatic carboxylic acids is 1. The highest BCUT2D eigenvalue weighted by atomic mass is 32.2. The van der Waals surface area contributed by atoms with Gasteiger partial charge in [-0.05, 0) is 32.0 Å². The van der Waals surface area contributed by atoms with Crippen LogP contribution in [0.2, 0.25) is 0 Å². The second-order valence-corrected chi connectivity index (χ2v) is 7.79. The molecule has 3 aromatic rings. The van der Waals surface area contributed by atoms with Gasteiger partial charge in [0.15, 0.2) is 10.3 Å². The Hall–Kier alpha value is -2.39. The number of hydrogen-bond acceptors (Lipinski definition) is 7. The Balaban J connectivity index is 1.83. The molecular weight excluding hydrogens is 382 g/mol. The third-order valence-electron chi connectivity index (χ3n) is 3.55. The van der Waals surface area contributed by atoms with E-state index in [1.807, 2.05) is 54.8 Å². The van der Waals surface area contributed by atoms with Crippen molar-refractivity contribution in [1.82, 2.24) is 24.7 Å². The molecule has 9 heteroatoms. The van der Waals surface area contributed by atoms with Crippen LogP contribution < -0.4 is 0 Å². The normalized spacial score (nSPS) is 10.9. The molecule has 1 aromatic carbocycles. The molecule has 27 heavy (non-hydrogen) atoms. The first-order valence-electron chi connectivity index (χ1n) is 8.32. The molecule has 0 aliphatic rings. The van der Waals surface area contributed by atoms with E-state index < -0.39 is 5.97 Å². The fourth-order valence-corrected chi connectivity index (χ4v) is 4.20. The first-order chi connectivity index (χ1) is 13.0. The van der Waals surface area contributed by atoms with E-state index in [-0.39, 0.29) is 6.42 Å². The largest absolute Gasteiger partial charge is 0.481 e. The molecule has 2 aromatic heterocycles. The molecule has 0 radical (unpaired) electrons. The van der Waals surface area contributed by atoms with Crippen LogP contribution in [0.1, 0.15) is 23.6 Å². The molecule has 1 N–H and O–H groups in total. The molecule has 0 atom stereocenters. The predicted molar refractivity (Wildman–Crippen MR) is 105 cm³/mol. The molecule has 140 valence electrons. The molecule has 0 bridgehead atoms. The van der Waals surface area contributed by atoms with E-state index in [0.717, 1.165) is 22.9 Å². The number of benzene rings is 1. The summed E-state index contributed by atoms with van der Waals surface area (Å²) < 4.78 is 1.96. The summed E-state index contributed by atoms with van der Waals surface area (Å²) in [7, 11) is 0. The number of carboxylic acid groups (broad SMARTS) is 1. The van der Waals surface area contributed by atoms with Gasteiger partial charge < -0.3 is 5.11 Å². The van der Waals surface area contributed by atoms with E-state index in [1.165, 1.54) is 23.5 Å². The maximum atomic E-state index is 10.8. The molecule has 3 rings (SSSR count). The molecule has 0 aliphatic carbocycles. The lowest BCUT2D eigenvalue weighted by Gasteiger charge is -2.10. The topological polar surface area (TPSA) is 93.8 Å². The lowest BCUT2D eigenvalue weighted by atomic mass is 10.3. The third kappa shape index (κ3) is 5.30. The SMILES string of the molecule is Cc1cc(C)nc(SCc2nnc(SCCC(=O)O)n2-c2ccccc2)n1. The van der Waals surface area contributed by atoms with Gasteiger partial charge in [-0.1, -0.05) is 41.7 Å². The van der Waals surface area contributed by atoms with Crippen molar-refractivity contribution < 1.29 is 9.90 Å². The van der Waals surface area contributed by atoms with Gasteiger partial charge in [0, 0.05) is 22.8 Å². The molecule has 7 nitrogen and oxygen atoms in total. The summed E-state index contributed by atoms with van der Waals surface area (Å²) in [5.74, 6) is 0.945. The van der Waals surface area contributed by atoms with Gasteiger partial charge in [-0.25, -0.2) is 9.97 Å². The minimum Gasteiger partial charge on any atom is -0.481 e. The number of aromatic nitrogens is 5. The van der Waals surface area contributed by atoms with E-state index in [9.17, 15) is 4.79 Å². The van der Waals surface area contributed by atoms with Gasteiger partial charge >= 0.3 is 5.97 Å². The van der Waals surface area contributed by atoms with Crippen LogP contribution in [0.5, 0.6) is 0 Å². The standard InChI is InChI=1S/C18H19N5O2S2/c1-12-10-13(2)20-17(19-12)27-11-15-21-22-18(26-9-8-16(24)25)23(15)14-6-4-3-5-7-14/h3-7,10H,8-9,11H2,1-2H3,(H,24,25). The molecule has 0 amide bonds. The molecule has 0 spiro atoms. The Morgan fingerprint density at radius 2 is 1.78 bits per heavy atom. The van der Waals surface area contributed by atoms with Crippen molar-refractivity contribution >= 4 is 29.5 Å². The molecule has 0 saturated heterocycles.